The molecule has 1 aliphatic rings. The van der Waals surface area contributed by atoms with Crippen LogP contribution in [0.1, 0.15) is 17.9 Å². The summed E-state index contributed by atoms with van der Waals surface area (Å²) in [6, 6.07) is 14.1. The van der Waals surface area contributed by atoms with E-state index < -0.39 is 26.7 Å². The number of amides is 1. The predicted octanol–water partition coefficient (Wildman–Crippen LogP) is 3.06. The van der Waals surface area contributed by atoms with Gasteiger partial charge in [-0.05, 0) is 48.7 Å². The van der Waals surface area contributed by atoms with E-state index in [4.69, 9.17) is 20.8 Å². The van der Waals surface area contributed by atoms with E-state index in [1.165, 1.54) is 4.90 Å². The van der Waals surface area contributed by atoms with Gasteiger partial charge in [-0.15, -0.1) is 5.10 Å². The van der Waals surface area contributed by atoms with Crippen molar-refractivity contribution >= 4 is 33.0 Å². The zero-order valence-electron chi connectivity index (χ0n) is 15.8. The molecule has 0 radical (unpaired) electrons. The van der Waals surface area contributed by atoms with E-state index in [0.29, 0.717) is 17.3 Å². The summed E-state index contributed by atoms with van der Waals surface area (Å²) >= 11 is 5.81. The number of anilines is 1. The van der Waals surface area contributed by atoms with Crippen LogP contribution in [-0.4, -0.2) is 36.8 Å². The number of aryl methyl sites for hydroxylation is 1. The largest absolute Gasteiger partial charge is 0.484 e. The third kappa shape index (κ3) is 4.47. The number of fused-ring (bicyclic) bond motifs is 1. The number of carbonyl (C=O) groups is 1. The van der Waals surface area contributed by atoms with Crippen LogP contribution >= 0.6 is 11.6 Å². The summed E-state index contributed by atoms with van der Waals surface area (Å²) in [6.45, 7) is 0.354. The van der Waals surface area contributed by atoms with Crippen molar-refractivity contribution in [3.05, 3.63) is 65.0 Å². The topological polar surface area (TPSA) is 103 Å². The Kier molecular flexibility index (Phi) is 5.74. The number of para-hydroxylation sites is 1. The molecule has 0 bridgehead atoms. The average Bonchev–Trinajstić information content (AvgIpc) is 3.23. The minimum Gasteiger partial charge on any atom is -0.484 e. The monoisotopic (exact) mass is 447 g/mol. The van der Waals surface area contributed by atoms with Crippen molar-refractivity contribution in [1.82, 2.24) is 10.2 Å². The van der Waals surface area contributed by atoms with Crippen molar-refractivity contribution in [3.8, 4) is 5.75 Å². The molecule has 1 aromatic heterocycles. The van der Waals surface area contributed by atoms with Gasteiger partial charge in [-0.2, -0.15) is 0 Å². The van der Waals surface area contributed by atoms with E-state index in [-0.39, 0.29) is 12.5 Å². The number of halogens is 1. The molecule has 2 aromatic carbocycles. The summed E-state index contributed by atoms with van der Waals surface area (Å²) in [7, 11) is -4.08. The fraction of sp³-hybridized carbons (Fsp3) is 0.250. The summed E-state index contributed by atoms with van der Waals surface area (Å²) in [5.74, 6) is -0.777. The molecule has 0 saturated carbocycles. The fourth-order valence-electron chi connectivity index (χ4n) is 3.19. The molecule has 0 fully saturated rings. The number of rotatable bonds is 6. The van der Waals surface area contributed by atoms with Gasteiger partial charge in [0.05, 0.1) is 0 Å². The van der Waals surface area contributed by atoms with Crippen LogP contribution in [0.3, 0.4) is 0 Å². The lowest BCUT2D eigenvalue weighted by atomic mass is 10.0. The lowest BCUT2D eigenvalue weighted by molar-refractivity contribution is -0.116. The van der Waals surface area contributed by atoms with Crippen LogP contribution in [0.15, 0.2) is 58.2 Å². The lowest BCUT2D eigenvalue weighted by Crippen LogP contribution is -2.39. The summed E-state index contributed by atoms with van der Waals surface area (Å²) in [4.78, 5) is 14.2. The second kappa shape index (κ2) is 8.45. The highest BCUT2D eigenvalue weighted by atomic mass is 35.5. The normalized spacial score (nSPS) is 13.7. The first kappa shape index (κ1) is 20.4. The van der Waals surface area contributed by atoms with Crippen molar-refractivity contribution in [1.29, 1.82) is 0 Å². The van der Waals surface area contributed by atoms with Gasteiger partial charge in [0.1, 0.15) is 11.5 Å². The van der Waals surface area contributed by atoms with Gasteiger partial charge in [0.25, 0.3) is 5.89 Å². The fourth-order valence-corrected chi connectivity index (χ4v) is 4.31. The number of aromatic nitrogens is 2. The van der Waals surface area contributed by atoms with Crippen LogP contribution in [0.5, 0.6) is 5.75 Å². The van der Waals surface area contributed by atoms with Crippen molar-refractivity contribution in [2.45, 2.75) is 24.7 Å². The highest BCUT2D eigenvalue weighted by Crippen LogP contribution is 2.27. The number of nitrogens with zero attached hydrogens (tertiary/aromatic N) is 3. The van der Waals surface area contributed by atoms with Gasteiger partial charge in [0.2, 0.25) is 15.7 Å². The number of ether oxygens (including phenoxy) is 1. The number of benzene rings is 2. The minimum atomic E-state index is -4.08. The van der Waals surface area contributed by atoms with Gasteiger partial charge in [0, 0.05) is 17.3 Å². The Morgan fingerprint density at radius 1 is 1.13 bits per heavy atom. The highest BCUT2D eigenvalue weighted by Gasteiger charge is 2.31. The molecule has 1 amide bonds. The van der Waals surface area contributed by atoms with E-state index >= 15 is 0 Å². The molecule has 30 heavy (non-hydrogen) atoms. The molecule has 4 rings (SSSR count). The van der Waals surface area contributed by atoms with Crippen LogP contribution in [0.4, 0.5) is 5.69 Å². The first-order valence-corrected chi connectivity index (χ1v) is 11.3. The van der Waals surface area contributed by atoms with Gasteiger partial charge in [-0.25, -0.2) is 8.42 Å². The third-order valence-corrected chi connectivity index (χ3v) is 6.19. The van der Waals surface area contributed by atoms with Gasteiger partial charge in [-0.3, -0.25) is 4.79 Å². The number of carbonyl (C=O) groups excluding carboxylic acids is 1. The second-order valence-corrected chi connectivity index (χ2v) is 9.04. The van der Waals surface area contributed by atoms with Crippen LogP contribution in [0.25, 0.3) is 0 Å². The van der Waals surface area contributed by atoms with Gasteiger partial charge < -0.3 is 14.1 Å². The van der Waals surface area contributed by atoms with Crippen LogP contribution in [0.2, 0.25) is 5.02 Å². The van der Waals surface area contributed by atoms with Crippen LogP contribution in [-0.2, 0) is 27.7 Å². The SMILES string of the molecule is O=C(CS(=O)(=O)c1nnc(COc2ccc(Cl)cc2)o1)N1CCCc2ccccc21. The third-order valence-electron chi connectivity index (χ3n) is 4.62. The zero-order valence-corrected chi connectivity index (χ0v) is 17.4. The maximum absolute atomic E-state index is 12.7. The second-order valence-electron chi connectivity index (χ2n) is 6.74. The van der Waals surface area contributed by atoms with Gasteiger partial charge in [-0.1, -0.05) is 34.9 Å². The van der Waals surface area contributed by atoms with E-state index in [0.717, 1.165) is 24.1 Å². The quantitative estimate of drug-likeness (QED) is 0.572. The van der Waals surface area contributed by atoms with Gasteiger partial charge >= 0.3 is 5.22 Å². The Morgan fingerprint density at radius 2 is 1.90 bits per heavy atom. The van der Waals surface area contributed by atoms with Crippen LogP contribution in [0, 0.1) is 0 Å². The van der Waals surface area contributed by atoms with E-state index in [1.54, 1.807) is 24.3 Å². The molecule has 1 aliphatic heterocycles. The molecule has 10 heteroatoms. The number of hydrogen-bond acceptors (Lipinski definition) is 7. The smallest absolute Gasteiger partial charge is 0.336 e. The first-order chi connectivity index (χ1) is 14.4. The van der Waals surface area contributed by atoms with E-state index in [1.807, 2.05) is 24.3 Å². The molecule has 0 saturated heterocycles. The molecule has 0 aliphatic carbocycles. The first-order valence-electron chi connectivity index (χ1n) is 9.24. The summed E-state index contributed by atoms with van der Waals surface area (Å²) in [5.41, 5.74) is 1.76. The van der Waals surface area contributed by atoms with Crippen molar-refractivity contribution in [2.24, 2.45) is 0 Å². The summed E-state index contributed by atoms with van der Waals surface area (Å²) < 4.78 is 35.9. The van der Waals surface area contributed by atoms with Crippen molar-refractivity contribution in [3.63, 3.8) is 0 Å². The molecular weight excluding hydrogens is 430 g/mol. The maximum atomic E-state index is 12.7. The Balaban J connectivity index is 1.43. The van der Waals surface area contributed by atoms with Crippen molar-refractivity contribution < 1.29 is 22.4 Å². The molecule has 0 unspecified atom stereocenters. The Labute approximate surface area is 178 Å². The Morgan fingerprint density at radius 3 is 2.70 bits per heavy atom. The molecule has 0 N–H and O–H groups in total. The molecule has 156 valence electrons. The summed E-state index contributed by atoms with van der Waals surface area (Å²) in [6.07, 6.45) is 1.63. The molecule has 0 atom stereocenters. The molecule has 8 nitrogen and oxygen atoms in total. The average molecular weight is 448 g/mol. The minimum absolute atomic E-state index is 0.0145. The Bertz CT molecular complexity index is 1160. The lowest BCUT2D eigenvalue weighted by Gasteiger charge is -2.29. The number of hydrogen-bond donors (Lipinski definition) is 0. The van der Waals surface area contributed by atoms with Crippen molar-refractivity contribution in [2.75, 3.05) is 17.2 Å². The molecule has 0 spiro atoms. The van der Waals surface area contributed by atoms with Gasteiger partial charge in [0.15, 0.2) is 6.61 Å². The molecule has 2 heterocycles. The summed E-state index contributed by atoms with van der Waals surface area (Å²) in [5, 5.41) is 7.24. The highest BCUT2D eigenvalue weighted by molar-refractivity contribution is 7.91. The molecular formula is C20H18ClN3O5S. The molecule has 3 aromatic rings. The number of sulfone groups is 1. The van der Waals surface area contributed by atoms with Crippen LogP contribution < -0.4 is 9.64 Å². The Hall–Kier alpha value is -2.91. The van der Waals surface area contributed by atoms with E-state index in [2.05, 4.69) is 10.2 Å². The van der Waals surface area contributed by atoms with E-state index in [9.17, 15) is 13.2 Å². The maximum Gasteiger partial charge on any atom is 0.336 e. The standard InChI is InChI=1S/C20H18ClN3O5S/c21-15-7-9-16(10-8-15)28-12-18-22-23-20(29-18)30(26,27)13-19(25)24-11-3-5-14-4-1-2-6-17(14)24/h1-2,4,6-10H,3,5,11-13H2. The zero-order chi connectivity index (χ0) is 21.1. The predicted molar refractivity (Wildman–Crippen MR) is 109 cm³/mol.